The number of nitrogens with zero attached hydrogens (tertiary/aromatic N) is 3. The van der Waals surface area contributed by atoms with E-state index in [4.69, 9.17) is 0 Å². The van der Waals surface area contributed by atoms with Crippen LogP contribution in [0.2, 0.25) is 0 Å². The van der Waals surface area contributed by atoms with E-state index in [1.807, 2.05) is 13.0 Å². The summed E-state index contributed by atoms with van der Waals surface area (Å²) in [5.74, 6) is -0.246. The lowest BCUT2D eigenvalue weighted by molar-refractivity contribution is 0.0717. The molecule has 1 aliphatic heterocycles. The van der Waals surface area contributed by atoms with Crippen molar-refractivity contribution >= 4 is 11.8 Å². The van der Waals surface area contributed by atoms with E-state index in [2.05, 4.69) is 4.98 Å². The van der Waals surface area contributed by atoms with E-state index in [0.717, 1.165) is 5.56 Å². The Bertz CT molecular complexity index is 777. The number of hydrogen-bond acceptors (Lipinski definition) is 4. The van der Waals surface area contributed by atoms with Gasteiger partial charge in [0.05, 0.1) is 5.56 Å². The number of aryl methyl sites for hydroxylation is 1. The van der Waals surface area contributed by atoms with Crippen molar-refractivity contribution in [3.63, 3.8) is 0 Å². The lowest BCUT2D eigenvalue weighted by Gasteiger charge is -2.22. The normalized spacial score (nSPS) is 14.9. The second kappa shape index (κ2) is 7.34. The maximum atomic E-state index is 12.7. The van der Waals surface area contributed by atoms with E-state index in [0.29, 0.717) is 43.7 Å². The van der Waals surface area contributed by atoms with Crippen LogP contribution < -0.4 is 0 Å². The van der Waals surface area contributed by atoms with E-state index >= 15 is 0 Å². The van der Waals surface area contributed by atoms with Gasteiger partial charge in [0.2, 0.25) is 0 Å². The molecule has 2 aromatic rings. The zero-order chi connectivity index (χ0) is 17.8. The van der Waals surface area contributed by atoms with Gasteiger partial charge in [0.15, 0.2) is 0 Å². The van der Waals surface area contributed by atoms with Gasteiger partial charge in [-0.2, -0.15) is 0 Å². The summed E-state index contributed by atoms with van der Waals surface area (Å²) in [6, 6.07) is 8.44. The minimum atomic E-state index is -0.198. The quantitative estimate of drug-likeness (QED) is 0.909. The zero-order valence-corrected chi connectivity index (χ0v) is 14.2. The first-order valence-corrected chi connectivity index (χ1v) is 8.34. The second-order valence-electron chi connectivity index (χ2n) is 6.19. The average molecular weight is 339 g/mol. The average Bonchev–Trinajstić information content (AvgIpc) is 2.87. The van der Waals surface area contributed by atoms with E-state index in [1.54, 1.807) is 46.5 Å². The third-order valence-electron chi connectivity index (χ3n) is 4.38. The zero-order valence-electron chi connectivity index (χ0n) is 14.2. The molecule has 1 fully saturated rings. The Morgan fingerprint density at radius 2 is 1.60 bits per heavy atom. The number of benzene rings is 1. The molecule has 1 aromatic carbocycles. The van der Waals surface area contributed by atoms with Gasteiger partial charge in [-0.05, 0) is 43.2 Å². The van der Waals surface area contributed by atoms with Crippen LogP contribution in [-0.4, -0.2) is 57.9 Å². The van der Waals surface area contributed by atoms with Crippen molar-refractivity contribution in [2.75, 3.05) is 26.2 Å². The van der Waals surface area contributed by atoms with Gasteiger partial charge in [-0.1, -0.05) is 6.07 Å². The molecular weight excluding hydrogens is 318 g/mol. The summed E-state index contributed by atoms with van der Waals surface area (Å²) >= 11 is 0. The second-order valence-corrected chi connectivity index (χ2v) is 6.19. The van der Waals surface area contributed by atoms with Gasteiger partial charge in [0.1, 0.15) is 5.75 Å². The Labute approximate surface area is 146 Å². The van der Waals surface area contributed by atoms with Crippen LogP contribution in [-0.2, 0) is 0 Å². The molecule has 0 bridgehead atoms. The fourth-order valence-electron chi connectivity index (χ4n) is 2.99. The number of phenolic OH excluding ortho intramolecular Hbond substituents is 1. The maximum absolute atomic E-state index is 12.7. The summed E-state index contributed by atoms with van der Waals surface area (Å²) in [4.78, 5) is 32.6. The van der Waals surface area contributed by atoms with Gasteiger partial charge in [-0.25, -0.2) is 0 Å². The highest BCUT2D eigenvalue weighted by molar-refractivity contribution is 5.97. The number of pyridine rings is 1. The summed E-state index contributed by atoms with van der Waals surface area (Å²) in [5, 5.41) is 10.0. The van der Waals surface area contributed by atoms with Crippen LogP contribution in [0.3, 0.4) is 0 Å². The Morgan fingerprint density at radius 1 is 0.960 bits per heavy atom. The molecule has 0 radical (unpaired) electrons. The molecule has 0 atom stereocenters. The fraction of sp³-hybridized carbons (Fsp3) is 0.316. The molecule has 130 valence electrons. The van der Waals surface area contributed by atoms with Crippen molar-refractivity contribution < 1.29 is 14.7 Å². The highest BCUT2D eigenvalue weighted by Crippen LogP contribution is 2.21. The molecule has 3 rings (SSSR count). The standard InChI is InChI=1S/C19H21N3O3/c1-14-3-4-16(17(23)13-14)19(25)22-10-2-9-21(11-12-22)18(24)15-5-7-20-8-6-15/h3-8,13,23H,2,9-12H2,1H3. The smallest absolute Gasteiger partial charge is 0.257 e. The molecule has 25 heavy (non-hydrogen) atoms. The molecular formula is C19H21N3O3. The van der Waals surface area contributed by atoms with Crippen molar-refractivity contribution in [3.05, 3.63) is 59.4 Å². The Balaban J connectivity index is 1.69. The molecule has 6 heteroatoms. The first kappa shape index (κ1) is 17.0. The molecule has 2 heterocycles. The Hall–Kier alpha value is -2.89. The minimum absolute atomic E-state index is 0.000958. The molecule has 0 aliphatic carbocycles. The Morgan fingerprint density at radius 3 is 2.24 bits per heavy atom. The monoisotopic (exact) mass is 339 g/mol. The number of rotatable bonds is 2. The summed E-state index contributed by atoms with van der Waals surface area (Å²) in [5.41, 5.74) is 1.81. The molecule has 6 nitrogen and oxygen atoms in total. The van der Waals surface area contributed by atoms with Crippen molar-refractivity contribution in [3.8, 4) is 5.75 Å². The van der Waals surface area contributed by atoms with Crippen LogP contribution >= 0.6 is 0 Å². The summed E-state index contributed by atoms with van der Waals surface area (Å²) in [7, 11) is 0. The van der Waals surface area contributed by atoms with Gasteiger partial charge < -0.3 is 14.9 Å². The first-order chi connectivity index (χ1) is 12.1. The van der Waals surface area contributed by atoms with Gasteiger partial charge >= 0.3 is 0 Å². The molecule has 1 saturated heterocycles. The Kier molecular flexibility index (Phi) is 4.97. The number of amides is 2. The highest BCUT2D eigenvalue weighted by Gasteiger charge is 2.24. The van der Waals surface area contributed by atoms with E-state index in [-0.39, 0.29) is 17.6 Å². The fourth-order valence-corrected chi connectivity index (χ4v) is 2.99. The number of hydrogen-bond donors (Lipinski definition) is 1. The molecule has 0 saturated carbocycles. The molecule has 0 unspecified atom stereocenters. The van der Waals surface area contributed by atoms with Gasteiger partial charge in [0, 0.05) is 44.1 Å². The van der Waals surface area contributed by atoms with Crippen LogP contribution in [0.25, 0.3) is 0 Å². The van der Waals surface area contributed by atoms with Gasteiger partial charge in [0.25, 0.3) is 11.8 Å². The summed E-state index contributed by atoms with van der Waals surface area (Å²) < 4.78 is 0. The van der Waals surface area contributed by atoms with Crippen LogP contribution in [0.15, 0.2) is 42.7 Å². The van der Waals surface area contributed by atoms with E-state index < -0.39 is 0 Å². The predicted molar refractivity (Wildman–Crippen MR) is 93.5 cm³/mol. The maximum Gasteiger partial charge on any atom is 0.257 e. The van der Waals surface area contributed by atoms with Crippen LogP contribution in [0, 0.1) is 6.92 Å². The SMILES string of the molecule is Cc1ccc(C(=O)N2CCCN(C(=O)c3ccncc3)CC2)c(O)c1. The number of carbonyl (C=O) groups is 2. The minimum Gasteiger partial charge on any atom is -0.507 e. The van der Waals surface area contributed by atoms with Crippen LogP contribution in [0.1, 0.15) is 32.7 Å². The number of aromatic nitrogens is 1. The molecule has 1 aromatic heterocycles. The van der Waals surface area contributed by atoms with Gasteiger partial charge in [-0.3, -0.25) is 14.6 Å². The first-order valence-electron chi connectivity index (χ1n) is 8.34. The predicted octanol–water partition coefficient (Wildman–Crippen LogP) is 2.08. The molecule has 1 N–H and O–H groups in total. The summed E-state index contributed by atoms with van der Waals surface area (Å²) in [6.45, 7) is 3.95. The van der Waals surface area contributed by atoms with Crippen LogP contribution in [0.5, 0.6) is 5.75 Å². The summed E-state index contributed by atoms with van der Waals surface area (Å²) in [6.07, 6.45) is 3.90. The van der Waals surface area contributed by atoms with Crippen molar-refractivity contribution in [1.82, 2.24) is 14.8 Å². The van der Waals surface area contributed by atoms with Crippen molar-refractivity contribution in [2.24, 2.45) is 0 Å². The number of carbonyl (C=O) groups excluding carboxylic acids is 2. The van der Waals surface area contributed by atoms with Gasteiger partial charge in [-0.15, -0.1) is 0 Å². The van der Waals surface area contributed by atoms with E-state index in [1.165, 1.54) is 0 Å². The van der Waals surface area contributed by atoms with Crippen LogP contribution in [0.4, 0.5) is 0 Å². The third kappa shape index (κ3) is 3.79. The van der Waals surface area contributed by atoms with Crippen molar-refractivity contribution in [2.45, 2.75) is 13.3 Å². The largest absolute Gasteiger partial charge is 0.507 e. The topological polar surface area (TPSA) is 73.7 Å². The number of aromatic hydroxyl groups is 1. The van der Waals surface area contributed by atoms with E-state index in [9.17, 15) is 14.7 Å². The molecule has 1 aliphatic rings. The van der Waals surface area contributed by atoms with Crippen molar-refractivity contribution in [1.29, 1.82) is 0 Å². The number of phenols is 1. The molecule has 0 spiro atoms. The lowest BCUT2D eigenvalue weighted by atomic mass is 10.1. The highest BCUT2D eigenvalue weighted by atomic mass is 16.3. The lowest BCUT2D eigenvalue weighted by Crippen LogP contribution is -2.37. The third-order valence-corrected chi connectivity index (χ3v) is 4.38. The molecule has 2 amide bonds.